The third-order valence-electron chi connectivity index (χ3n) is 4.03. The summed E-state index contributed by atoms with van der Waals surface area (Å²) in [5.74, 6) is 1.81. The molecule has 6 nitrogen and oxygen atoms in total. The second-order valence-electron chi connectivity index (χ2n) is 5.58. The number of phenols is 1. The van der Waals surface area contributed by atoms with E-state index in [0.717, 1.165) is 24.5 Å². The van der Waals surface area contributed by atoms with Crippen LogP contribution in [-0.4, -0.2) is 38.0 Å². The zero-order valence-corrected chi connectivity index (χ0v) is 12.2. The summed E-state index contributed by atoms with van der Waals surface area (Å²) in [6, 6.07) is 10.9. The van der Waals surface area contributed by atoms with E-state index < -0.39 is 0 Å². The van der Waals surface area contributed by atoms with E-state index in [1.807, 2.05) is 18.2 Å². The summed E-state index contributed by atoms with van der Waals surface area (Å²) >= 11 is 0. The van der Waals surface area contributed by atoms with Crippen LogP contribution in [0.1, 0.15) is 19.3 Å². The van der Waals surface area contributed by atoms with E-state index in [1.165, 1.54) is 19.3 Å². The Bertz CT molecular complexity index is 807. The molecule has 6 heteroatoms. The van der Waals surface area contributed by atoms with Gasteiger partial charge in [0.05, 0.1) is 0 Å². The molecule has 1 aliphatic heterocycles. The number of hydrogen-bond acceptors (Lipinski definition) is 5. The molecule has 0 aliphatic carbocycles. The van der Waals surface area contributed by atoms with Crippen LogP contribution >= 0.6 is 0 Å². The molecule has 0 bridgehead atoms. The number of anilines is 1. The van der Waals surface area contributed by atoms with Gasteiger partial charge >= 0.3 is 0 Å². The summed E-state index contributed by atoms with van der Waals surface area (Å²) < 4.78 is 1.75. The van der Waals surface area contributed by atoms with Crippen LogP contribution < -0.4 is 4.90 Å². The standard InChI is InChI=1S/C16H17N5O/c22-13-6-4-5-12(11-13)16-18-17-14-7-8-15(19-21(14)16)20-9-2-1-3-10-20/h4-8,11,22H,1-3,9-10H2. The van der Waals surface area contributed by atoms with E-state index in [0.29, 0.717) is 11.5 Å². The number of aromatic nitrogens is 4. The monoisotopic (exact) mass is 295 g/mol. The Kier molecular flexibility index (Phi) is 3.14. The molecule has 1 aliphatic rings. The molecule has 1 saturated heterocycles. The molecule has 0 amide bonds. The maximum absolute atomic E-state index is 9.66. The molecule has 0 spiro atoms. The number of rotatable bonds is 2. The van der Waals surface area contributed by atoms with E-state index in [9.17, 15) is 5.11 Å². The summed E-state index contributed by atoms with van der Waals surface area (Å²) in [4.78, 5) is 2.30. The van der Waals surface area contributed by atoms with E-state index in [1.54, 1.807) is 22.7 Å². The molecule has 22 heavy (non-hydrogen) atoms. The molecule has 1 aromatic carbocycles. The molecule has 1 N–H and O–H groups in total. The lowest BCUT2D eigenvalue weighted by atomic mass is 10.1. The Morgan fingerprint density at radius 1 is 0.955 bits per heavy atom. The van der Waals surface area contributed by atoms with E-state index in [2.05, 4.69) is 15.1 Å². The van der Waals surface area contributed by atoms with Crippen LogP contribution in [0, 0.1) is 0 Å². The van der Waals surface area contributed by atoms with Gasteiger partial charge in [-0.25, -0.2) is 0 Å². The largest absolute Gasteiger partial charge is 0.508 e. The number of fused-ring (bicyclic) bond motifs is 1. The first-order valence-electron chi connectivity index (χ1n) is 7.58. The van der Waals surface area contributed by atoms with E-state index in [-0.39, 0.29) is 5.75 Å². The molecule has 1 fully saturated rings. The maximum Gasteiger partial charge on any atom is 0.185 e. The van der Waals surface area contributed by atoms with Gasteiger partial charge in [0, 0.05) is 18.7 Å². The first-order valence-corrected chi connectivity index (χ1v) is 7.58. The Morgan fingerprint density at radius 3 is 2.64 bits per heavy atom. The van der Waals surface area contributed by atoms with Crippen molar-refractivity contribution in [2.24, 2.45) is 0 Å². The van der Waals surface area contributed by atoms with Crippen molar-refractivity contribution >= 4 is 11.5 Å². The summed E-state index contributed by atoms with van der Waals surface area (Å²) in [5, 5.41) is 22.7. The zero-order chi connectivity index (χ0) is 14.9. The van der Waals surface area contributed by atoms with Gasteiger partial charge in [0.2, 0.25) is 0 Å². The molecule has 0 saturated carbocycles. The second-order valence-corrected chi connectivity index (χ2v) is 5.58. The highest BCUT2D eigenvalue weighted by Crippen LogP contribution is 2.23. The van der Waals surface area contributed by atoms with Crippen molar-refractivity contribution in [2.75, 3.05) is 18.0 Å². The van der Waals surface area contributed by atoms with Crippen LogP contribution in [0.4, 0.5) is 5.82 Å². The quantitative estimate of drug-likeness (QED) is 0.786. The van der Waals surface area contributed by atoms with Crippen molar-refractivity contribution in [1.82, 2.24) is 19.8 Å². The highest BCUT2D eigenvalue weighted by molar-refractivity contribution is 5.61. The average molecular weight is 295 g/mol. The Labute approximate surface area is 128 Å². The molecule has 0 atom stereocenters. The van der Waals surface area contributed by atoms with Gasteiger partial charge in [-0.3, -0.25) is 0 Å². The van der Waals surface area contributed by atoms with Crippen LogP contribution in [0.5, 0.6) is 5.75 Å². The summed E-state index contributed by atoms with van der Waals surface area (Å²) in [6.07, 6.45) is 3.71. The van der Waals surface area contributed by atoms with Crippen LogP contribution in [0.25, 0.3) is 17.0 Å². The normalized spacial score (nSPS) is 15.4. The Balaban J connectivity index is 1.79. The lowest BCUT2D eigenvalue weighted by Gasteiger charge is -2.27. The third kappa shape index (κ3) is 2.26. The predicted octanol–water partition coefficient (Wildman–Crippen LogP) is 2.49. The number of nitrogens with zero attached hydrogens (tertiary/aromatic N) is 5. The number of benzene rings is 1. The topological polar surface area (TPSA) is 66.6 Å². The molecule has 3 heterocycles. The second kappa shape index (κ2) is 5.29. The maximum atomic E-state index is 9.66. The highest BCUT2D eigenvalue weighted by atomic mass is 16.3. The molecular formula is C16H17N5O. The third-order valence-corrected chi connectivity index (χ3v) is 4.03. The van der Waals surface area contributed by atoms with Crippen molar-refractivity contribution < 1.29 is 5.11 Å². The van der Waals surface area contributed by atoms with Crippen LogP contribution in [0.2, 0.25) is 0 Å². The molecule has 2 aromatic heterocycles. The molecule has 3 aromatic rings. The van der Waals surface area contributed by atoms with Crippen LogP contribution in [0.3, 0.4) is 0 Å². The van der Waals surface area contributed by atoms with Crippen molar-refractivity contribution in [1.29, 1.82) is 0 Å². The number of phenolic OH excluding ortho intramolecular Hbond substituents is 1. The number of aromatic hydroxyl groups is 1. The lowest BCUT2D eigenvalue weighted by Crippen LogP contribution is -2.30. The minimum Gasteiger partial charge on any atom is -0.508 e. The first-order chi connectivity index (χ1) is 10.8. The van der Waals surface area contributed by atoms with Gasteiger partial charge in [-0.1, -0.05) is 12.1 Å². The molecule has 0 unspecified atom stereocenters. The fourth-order valence-corrected chi connectivity index (χ4v) is 2.90. The fraction of sp³-hybridized carbons (Fsp3) is 0.312. The number of hydrogen-bond donors (Lipinski definition) is 1. The predicted molar refractivity (Wildman–Crippen MR) is 83.9 cm³/mol. The van der Waals surface area contributed by atoms with E-state index in [4.69, 9.17) is 5.10 Å². The van der Waals surface area contributed by atoms with Crippen molar-refractivity contribution in [3.63, 3.8) is 0 Å². The van der Waals surface area contributed by atoms with Gasteiger partial charge in [-0.15, -0.1) is 15.3 Å². The lowest BCUT2D eigenvalue weighted by molar-refractivity contribution is 0.475. The Morgan fingerprint density at radius 2 is 1.82 bits per heavy atom. The minimum atomic E-state index is 0.210. The molecule has 0 radical (unpaired) electrons. The van der Waals surface area contributed by atoms with Gasteiger partial charge in [0.25, 0.3) is 0 Å². The molecule has 112 valence electrons. The summed E-state index contributed by atoms with van der Waals surface area (Å²) in [5.41, 5.74) is 1.51. The first kappa shape index (κ1) is 13.1. The van der Waals surface area contributed by atoms with Crippen molar-refractivity contribution in [2.45, 2.75) is 19.3 Å². The van der Waals surface area contributed by atoms with Gasteiger partial charge < -0.3 is 10.0 Å². The fourth-order valence-electron chi connectivity index (χ4n) is 2.90. The van der Waals surface area contributed by atoms with Gasteiger partial charge in [0.15, 0.2) is 11.5 Å². The molecular weight excluding hydrogens is 278 g/mol. The Hall–Kier alpha value is -2.63. The van der Waals surface area contributed by atoms with Gasteiger partial charge in [-0.2, -0.15) is 4.52 Å². The minimum absolute atomic E-state index is 0.210. The smallest absolute Gasteiger partial charge is 0.185 e. The summed E-state index contributed by atoms with van der Waals surface area (Å²) in [6.45, 7) is 2.09. The SMILES string of the molecule is Oc1cccc(-c2nnc3ccc(N4CCCCC4)nn23)c1. The number of piperidine rings is 1. The highest BCUT2D eigenvalue weighted by Gasteiger charge is 2.15. The van der Waals surface area contributed by atoms with Crippen molar-refractivity contribution in [3.05, 3.63) is 36.4 Å². The van der Waals surface area contributed by atoms with E-state index >= 15 is 0 Å². The van der Waals surface area contributed by atoms with Crippen molar-refractivity contribution in [3.8, 4) is 17.1 Å². The average Bonchev–Trinajstić information content (AvgIpc) is 2.99. The molecule has 4 rings (SSSR count). The van der Waals surface area contributed by atoms with Gasteiger partial charge in [-0.05, 0) is 43.5 Å². The van der Waals surface area contributed by atoms with Gasteiger partial charge in [0.1, 0.15) is 11.6 Å². The summed E-state index contributed by atoms with van der Waals surface area (Å²) in [7, 11) is 0. The van der Waals surface area contributed by atoms with Crippen LogP contribution in [0.15, 0.2) is 36.4 Å². The van der Waals surface area contributed by atoms with Crippen LogP contribution in [-0.2, 0) is 0 Å². The zero-order valence-electron chi connectivity index (χ0n) is 12.2.